The summed E-state index contributed by atoms with van der Waals surface area (Å²) in [5.41, 5.74) is 5.47. The van der Waals surface area contributed by atoms with E-state index >= 15 is 0 Å². The lowest BCUT2D eigenvalue weighted by molar-refractivity contribution is 0.0236. The Bertz CT molecular complexity index is 1380. The molecule has 1 aromatic heterocycles. The van der Waals surface area contributed by atoms with Gasteiger partial charge in [0.1, 0.15) is 6.61 Å². The smallest absolute Gasteiger partial charge is 0.276 e. The van der Waals surface area contributed by atoms with Crippen molar-refractivity contribution in [2.75, 3.05) is 10.0 Å². The van der Waals surface area contributed by atoms with E-state index in [1.54, 1.807) is 67.0 Å². The minimum atomic E-state index is -3.76. The van der Waals surface area contributed by atoms with Crippen molar-refractivity contribution in [3.8, 4) is 0 Å². The van der Waals surface area contributed by atoms with Gasteiger partial charge in [-0.1, -0.05) is 48.5 Å². The largest absolute Gasteiger partial charge is 0.380 e. The zero-order valence-electron chi connectivity index (χ0n) is 18.7. The number of pyridine rings is 1. The van der Waals surface area contributed by atoms with Gasteiger partial charge in [-0.3, -0.25) is 19.3 Å². The number of rotatable bonds is 10. The maximum atomic E-state index is 12.8. The molecule has 178 valence electrons. The van der Waals surface area contributed by atoms with E-state index in [1.807, 2.05) is 24.3 Å². The van der Waals surface area contributed by atoms with Crippen molar-refractivity contribution in [1.82, 2.24) is 10.5 Å². The first-order valence-electron chi connectivity index (χ1n) is 10.8. The number of hydrogen-bond acceptors (Lipinski definition) is 6. The van der Waals surface area contributed by atoms with Crippen molar-refractivity contribution < 1.29 is 18.0 Å². The molecule has 3 N–H and O–H groups in total. The highest BCUT2D eigenvalue weighted by Gasteiger charge is 2.16. The molecule has 0 spiro atoms. The monoisotopic (exact) mass is 488 g/mol. The summed E-state index contributed by atoms with van der Waals surface area (Å²) in [5.74, 6) is -0.426. The van der Waals surface area contributed by atoms with Gasteiger partial charge in [0.15, 0.2) is 0 Å². The number of benzene rings is 3. The van der Waals surface area contributed by atoms with E-state index in [-0.39, 0.29) is 11.5 Å². The standard InChI is InChI=1S/C26H24N4O4S/c31-26(23-11-5-7-13-25(23)28-18-20-14-16-27-17-15-20)29-34-19-21-8-4-6-12-24(21)30-35(32,33)22-9-2-1-3-10-22/h1-17,28,30H,18-19H2,(H,29,31). The van der Waals surface area contributed by atoms with E-state index < -0.39 is 15.9 Å². The van der Waals surface area contributed by atoms with Crippen LogP contribution < -0.4 is 15.5 Å². The third kappa shape index (κ3) is 6.44. The molecule has 1 amide bonds. The first-order valence-corrected chi connectivity index (χ1v) is 12.3. The van der Waals surface area contributed by atoms with Gasteiger partial charge in [-0.2, -0.15) is 0 Å². The molecule has 0 aliphatic carbocycles. The second-order valence-electron chi connectivity index (χ2n) is 7.55. The van der Waals surface area contributed by atoms with E-state index in [0.717, 1.165) is 5.56 Å². The Balaban J connectivity index is 1.38. The molecule has 3 aromatic carbocycles. The molecule has 4 rings (SSSR count). The zero-order valence-corrected chi connectivity index (χ0v) is 19.5. The second-order valence-corrected chi connectivity index (χ2v) is 9.23. The fraction of sp³-hybridized carbons (Fsp3) is 0.0769. The van der Waals surface area contributed by atoms with Crippen molar-refractivity contribution in [2.45, 2.75) is 18.0 Å². The third-order valence-electron chi connectivity index (χ3n) is 5.11. The molecule has 0 aliphatic rings. The molecule has 0 radical (unpaired) electrons. The number of nitrogens with one attached hydrogen (secondary N) is 3. The first kappa shape index (κ1) is 23.9. The van der Waals surface area contributed by atoms with Gasteiger partial charge in [-0.15, -0.1) is 0 Å². The lowest BCUT2D eigenvalue weighted by Crippen LogP contribution is -2.25. The van der Waals surface area contributed by atoms with Gasteiger partial charge in [-0.25, -0.2) is 13.9 Å². The summed E-state index contributed by atoms with van der Waals surface area (Å²) in [6.07, 6.45) is 3.42. The first-order chi connectivity index (χ1) is 17.0. The van der Waals surface area contributed by atoms with E-state index in [1.165, 1.54) is 12.1 Å². The number of anilines is 2. The van der Waals surface area contributed by atoms with Gasteiger partial charge in [-0.05, 0) is 48.0 Å². The van der Waals surface area contributed by atoms with E-state index in [0.29, 0.717) is 29.0 Å². The van der Waals surface area contributed by atoms with Crippen LogP contribution in [0, 0.1) is 0 Å². The number of para-hydroxylation sites is 2. The SMILES string of the molecule is O=C(NOCc1ccccc1NS(=O)(=O)c1ccccc1)c1ccccc1NCc1ccncc1. The molecule has 0 unspecified atom stereocenters. The minimum Gasteiger partial charge on any atom is -0.380 e. The summed E-state index contributed by atoms with van der Waals surface area (Å²) in [4.78, 5) is 22.4. The molecule has 35 heavy (non-hydrogen) atoms. The van der Waals surface area contributed by atoms with E-state index in [9.17, 15) is 13.2 Å². The maximum Gasteiger partial charge on any atom is 0.276 e. The average molecular weight is 489 g/mol. The van der Waals surface area contributed by atoms with Crippen LogP contribution in [0.2, 0.25) is 0 Å². The van der Waals surface area contributed by atoms with Crippen LogP contribution in [0.15, 0.2) is 108 Å². The maximum absolute atomic E-state index is 12.8. The number of nitrogens with zero attached hydrogens (tertiary/aromatic N) is 1. The van der Waals surface area contributed by atoms with Crippen molar-refractivity contribution in [3.05, 3.63) is 120 Å². The number of carbonyl (C=O) groups excluding carboxylic acids is 1. The topological polar surface area (TPSA) is 109 Å². The van der Waals surface area contributed by atoms with Crippen molar-refractivity contribution in [3.63, 3.8) is 0 Å². The number of hydroxylamine groups is 1. The minimum absolute atomic E-state index is 0.0359. The second kappa shape index (κ2) is 11.3. The number of carbonyl (C=O) groups is 1. The third-order valence-corrected chi connectivity index (χ3v) is 6.49. The van der Waals surface area contributed by atoms with Gasteiger partial charge in [0.05, 0.1) is 16.1 Å². The molecule has 1 heterocycles. The summed E-state index contributed by atoms with van der Waals surface area (Å²) < 4.78 is 28.0. The summed E-state index contributed by atoms with van der Waals surface area (Å²) in [6, 6.07) is 25.8. The van der Waals surface area contributed by atoms with E-state index in [4.69, 9.17) is 4.84 Å². The van der Waals surface area contributed by atoms with Crippen LogP contribution in [-0.4, -0.2) is 19.3 Å². The molecular formula is C26H24N4O4S. The molecule has 0 saturated carbocycles. The molecular weight excluding hydrogens is 464 g/mol. The fourth-order valence-corrected chi connectivity index (χ4v) is 4.44. The summed E-state index contributed by atoms with van der Waals surface area (Å²) in [5, 5.41) is 3.25. The molecule has 4 aromatic rings. The predicted molar refractivity (Wildman–Crippen MR) is 134 cm³/mol. The fourth-order valence-electron chi connectivity index (χ4n) is 3.32. The van der Waals surface area contributed by atoms with Crippen LogP contribution >= 0.6 is 0 Å². The number of amides is 1. The predicted octanol–water partition coefficient (Wildman–Crippen LogP) is 4.36. The Morgan fingerprint density at radius 1 is 0.800 bits per heavy atom. The highest BCUT2D eigenvalue weighted by molar-refractivity contribution is 7.92. The highest BCUT2D eigenvalue weighted by atomic mass is 32.2. The average Bonchev–Trinajstić information content (AvgIpc) is 2.89. The van der Waals surface area contributed by atoms with Crippen LogP contribution in [0.3, 0.4) is 0 Å². The Morgan fingerprint density at radius 3 is 2.23 bits per heavy atom. The van der Waals surface area contributed by atoms with Crippen LogP contribution in [0.4, 0.5) is 11.4 Å². The van der Waals surface area contributed by atoms with Crippen LogP contribution in [-0.2, 0) is 28.0 Å². The summed E-state index contributed by atoms with van der Waals surface area (Å²) >= 11 is 0. The molecule has 8 nitrogen and oxygen atoms in total. The van der Waals surface area contributed by atoms with Crippen molar-refractivity contribution in [1.29, 1.82) is 0 Å². The highest BCUT2D eigenvalue weighted by Crippen LogP contribution is 2.21. The van der Waals surface area contributed by atoms with Gasteiger partial charge in [0.25, 0.3) is 15.9 Å². The Hall–Kier alpha value is -4.21. The lowest BCUT2D eigenvalue weighted by Gasteiger charge is -2.14. The quantitative estimate of drug-likeness (QED) is 0.286. The Kier molecular flexibility index (Phi) is 7.71. The normalized spacial score (nSPS) is 11.0. The van der Waals surface area contributed by atoms with Crippen LogP contribution in [0.25, 0.3) is 0 Å². The summed E-state index contributed by atoms with van der Waals surface area (Å²) in [6.45, 7) is 0.494. The zero-order chi connectivity index (χ0) is 24.5. The van der Waals surface area contributed by atoms with Gasteiger partial charge in [0, 0.05) is 30.2 Å². The Labute approximate surface area is 204 Å². The number of aromatic nitrogens is 1. The van der Waals surface area contributed by atoms with Gasteiger partial charge in [0.2, 0.25) is 0 Å². The molecule has 0 aliphatic heterocycles. The van der Waals surface area contributed by atoms with E-state index in [2.05, 4.69) is 20.5 Å². The van der Waals surface area contributed by atoms with Gasteiger partial charge >= 0.3 is 0 Å². The molecule has 0 saturated heterocycles. The molecule has 0 fully saturated rings. The van der Waals surface area contributed by atoms with Crippen LogP contribution in [0.5, 0.6) is 0 Å². The summed E-state index contributed by atoms with van der Waals surface area (Å²) in [7, 11) is -3.76. The number of sulfonamides is 1. The van der Waals surface area contributed by atoms with Crippen molar-refractivity contribution >= 4 is 27.3 Å². The number of hydrogen-bond donors (Lipinski definition) is 3. The lowest BCUT2D eigenvalue weighted by atomic mass is 10.1. The van der Waals surface area contributed by atoms with Gasteiger partial charge < -0.3 is 5.32 Å². The Morgan fingerprint density at radius 2 is 1.46 bits per heavy atom. The molecule has 0 bridgehead atoms. The van der Waals surface area contributed by atoms with Crippen molar-refractivity contribution in [2.24, 2.45) is 0 Å². The van der Waals surface area contributed by atoms with Crippen LogP contribution in [0.1, 0.15) is 21.5 Å². The molecule has 9 heteroatoms. The molecule has 0 atom stereocenters.